The second-order valence-electron chi connectivity index (χ2n) is 4.44. The van der Waals surface area contributed by atoms with E-state index in [4.69, 9.17) is 21.4 Å². The Balaban J connectivity index is 2.50. The molecule has 21 heavy (non-hydrogen) atoms. The van der Waals surface area contributed by atoms with Crippen LogP contribution in [-0.2, 0) is 9.59 Å². The molecule has 0 aliphatic heterocycles. The van der Waals surface area contributed by atoms with Gasteiger partial charge in [0.25, 0.3) is 5.91 Å². The van der Waals surface area contributed by atoms with E-state index in [1.54, 1.807) is 18.2 Å². The molecule has 0 saturated carbocycles. The fourth-order valence-electron chi connectivity index (χ4n) is 1.65. The van der Waals surface area contributed by atoms with Gasteiger partial charge in [-0.15, -0.1) is 0 Å². The van der Waals surface area contributed by atoms with Gasteiger partial charge in [-0.2, -0.15) is 11.8 Å². The number of hydrogen-bond donors (Lipinski definition) is 2. The molecule has 1 rings (SSSR count). The number of aliphatic carboxylic acids is 1. The van der Waals surface area contributed by atoms with Gasteiger partial charge in [0.05, 0.1) is 0 Å². The lowest BCUT2D eigenvalue weighted by atomic mass is 10.2. The Kier molecular flexibility index (Phi) is 7.39. The molecule has 0 aromatic heterocycles. The van der Waals surface area contributed by atoms with E-state index in [1.165, 1.54) is 11.8 Å². The van der Waals surface area contributed by atoms with Gasteiger partial charge in [0.15, 0.2) is 6.61 Å². The minimum Gasteiger partial charge on any atom is -0.484 e. The zero-order valence-electron chi connectivity index (χ0n) is 11.9. The molecule has 0 fully saturated rings. The number of carboxylic acid groups (broad SMARTS) is 1. The average molecular weight is 332 g/mol. The predicted molar refractivity (Wildman–Crippen MR) is 84.2 cm³/mol. The fraction of sp³-hybridized carbons (Fsp3) is 0.429. The second-order valence-corrected chi connectivity index (χ2v) is 5.86. The number of benzene rings is 1. The number of carbonyl (C=O) groups is 2. The first-order valence-electron chi connectivity index (χ1n) is 6.34. The van der Waals surface area contributed by atoms with Crippen molar-refractivity contribution in [2.75, 3.05) is 18.6 Å². The summed E-state index contributed by atoms with van der Waals surface area (Å²) < 4.78 is 5.37. The minimum absolute atomic E-state index is 0.231. The highest BCUT2D eigenvalue weighted by Crippen LogP contribution is 2.21. The van der Waals surface area contributed by atoms with Crippen LogP contribution in [0.4, 0.5) is 0 Å². The molecule has 0 heterocycles. The van der Waals surface area contributed by atoms with Crippen LogP contribution >= 0.6 is 23.4 Å². The average Bonchev–Trinajstić information content (AvgIpc) is 2.42. The van der Waals surface area contributed by atoms with Gasteiger partial charge >= 0.3 is 5.97 Å². The molecular formula is C14H18ClNO4S. The number of nitrogens with one attached hydrogen (secondary N) is 1. The van der Waals surface area contributed by atoms with E-state index < -0.39 is 17.9 Å². The van der Waals surface area contributed by atoms with Crippen LogP contribution in [0.5, 0.6) is 5.75 Å². The third kappa shape index (κ3) is 6.27. The minimum atomic E-state index is -1.04. The summed E-state index contributed by atoms with van der Waals surface area (Å²) >= 11 is 7.36. The van der Waals surface area contributed by atoms with Gasteiger partial charge in [0, 0.05) is 5.02 Å². The van der Waals surface area contributed by atoms with Crippen LogP contribution in [0.2, 0.25) is 5.02 Å². The van der Waals surface area contributed by atoms with E-state index in [-0.39, 0.29) is 6.61 Å². The molecule has 116 valence electrons. The molecule has 0 spiro atoms. The maximum absolute atomic E-state index is 11.7. The van der Waals surface area contributed by atoms with Crippen molar-refractivity contribution in [1.29, 1.82) is 0 Å². The summed E-state index contributed by atoms with van der Waals surface area (Å²) in [5.41, 5.74) is 0.812. The van der Waals surface area contributed by atoms with E-state index in [2.05, 4.69) is 5.32 Å². The number of amides is 1. The zero-order valence-corrected chi connectivity index (χ0v) is 13.5. The molecule has 0 aliphatic carbocycles. The monoisotopic (exact) mass is 331 g/mol. The Labute approximate surface area is 133 Å². The van der Waals surface area contributed by atoms with Crippen LogP contribution in [0.25, 0.3) is 0 Å². The lowest BCUT2D eigenvalue weighted by molar-refractivity contribution is -0.142. The number of carbonyl (C=O) groups excluding carboxylic acids is 1. The van der Waals surface area contributed by atoms with Crippen LogP contribution < -0.4 is 10.1 Å². The number of carboxylic acids is 1. The summed E-state index contributed by atoms with van der Waals surface area (Å²) in [6.07, 6.45) is 2.26. The van der Waals surface area contributed by atoms with Gasteiger partial charge in [-0.25, -0.2) is 4.79 Å². The van der Waals surface area contributed by atoms with Crippen molar-refractivity contribution >= 4 is 35.2 Å². The van der Waals surface area contributed by atoms with E-state index in [0.29, 0.717) is 22.9 Å². The zero-order chi connectivity index (χ0) is 15.8. The lowest BCUT2D eigenvalue weighted by Gasteiger charge is -2.15. The Morgan fingerprint density at radius 1 is 1.48 bits per heavy atom. The molecule has 1 aromatic carbocycles. The Hall–Kier alpha value is -1.40. The SMILES string of the molecule is CSCC[C@@H](NC(=O)COc1ccc(Cl)cc1C)C(=O)O. The van der Waals surface area contributed by atoms with E-state index in [9.17, 15) is 9.59 Å². The summed E-state index contributed by atoms with van der Waals surface area (Å²) in [5, 5.41) is 12.1. The quantitative estimate of drug-likeness (QED) is 0.764. The Morgan fingerprint density at radius 2 is 2.19 bits per heavy atom. The molecule has 5 nitrogen and oxygen atoms in total. The molecule has 2 N–H and O–H groups in total. The van der Waals surface area contributed by atoms with Crippen molar-refractivity contribution in [2.45, 2.75) is 19.4 Å². The smallest absolute Gasteiger partial charge is 0.326 e. The van der Waals surface area contributed by atoms with Gasteiger partial charge in [-0.05, 0) is 49.1 Å². The van der Waals surface area contributed by atoms with Gasteiger partial charge in [0.1, 0.15) is 11.8 Å². The van der Waals surface area contributed by atoms with Crippen LogP contribution in [-0.4, -0.2) is 41.6 Å². The summed E-state index contributed by atoms with van der Waals surface area (Å²) in [4.78, 5) is 22.8. The number of aryl methyl sites for hydroxylation is 1. The largest absolute Gasteiger partial charge is 0.484 e. The van der Waals surface area contributed by atoms with Crippen LogP contribution in [0.1, 0.15) is 12.0 Å². The first-order chi connectivity index (χ1) is 9.93. The molecule has 1 amide bonds. The summed E-state index contributed by atoms with van der Waals surface area (Å²) in [7, 11) is 0. The highest BCUT2D eigenvalue weighted by atomic mass is 35.5. The number of halogens is 1. The number of ether oxygens (including phenoxy) is 1. The Bertz CT molecular complexity index is 510. The summed E-state index contributed by atoms with van der Waals surface area (Å²) in [6.45, 7) is 1.59. The van der Waals surface area contributed by atoms with Crippen molar-refractivity contribution in [2.24, 2.45) is 0 Å². The lowest BCUT2D eigenvalue weighted by Crippen LogP contribution is -2.43. The normalized spacial score (nSPS) is 11.8. The van der Waals surface area contributed by atoms with Gasteiger partial charge in [-0.3, -0.25) is 4.79 Å². The first kappa shape index (κ1) is 17.7. The highest BCUT2D eigenvalue weighted by Gasteiger charge is 2.19. The third-order valence-electron chi connectivity index (χ3n) is 2.74. The van der Waals surface area contributed by atoms with Crippen LogP contribution in [0.15, 0.2) is 18.2 Å². The molecule has 0 bridgehead atoms. The molecule has 0 saturated heterocycles. The number of thioether (sulfide) groups is 1. The van der Waals surface area contributed by atoms with Crippen molar-refractivity contribution in [3.8, 4) is 5.75 Å². The van der Waals surface area contributed by atoms with Gasteiger partial charge < -0.3 is 15.2 Å². The summed E-state index contributed by atoms with van der Waals surface area (Å²) in [6, 6.07) is 4.18. The molecule has 1 atom stereocenters. The van der Waals surface area contributed by atoms with Gasteiger partial charge in [0.2, 0.25) is 0 Å². The highest BCUT2D eigenvalue weighted by molar-refractivity contribution is 7.98. The molecule has 0 radical (unpaired) electrons. The summed E-state index contributed by atoms with van der Waals surface area (Å²) in [5.74, 6) is -0.294. The molecule has 0 unspecified atom stereocenters. The van der Waals surface area contributed by atoms with Crippen molar-refractivity contribution in [3.05, 3.63) is 28.8 Å². The molecule has 7 heteroatoms. The third-order valence-corrected chi connectivity index (χ3v) is 3.62. The van der Waals surface area contributed by atoms with Crippen LogP contribution in [0, 0.1) is 6.92 Å². The molecular weight excluding hydrogens is 314 g/mol. The first-order valence-corrected chi connectivity index (χ1v) is 8.11. The second kappa shape index (κ2) is 8.79. The molecule has 1 aromatic rings. The van der Waals surface area contributed by atoms with Crippen molar-refractivity contribution in [1.82, 2.24) is 5.32 Å². The maximum Gasteiger partial charge on any atom is 0.326 e. The van der Waals surface area contributed by atoms with Gasteiger partial charge in [-0.1, -0.05) is 11.6 Å². The number of rotatable bonds is 8. The molecule has 0 aliphatic rings. The topological polar surface area (TPSA) is 75.6 Å². The van der Waals surface area contributed by atoms with Crippen molar-refractivity contribution in [3.63, 3.8) is 0 Å². The standard InChI is InChI=1S/C14H18ClNO4S/c1-9-7-10(15)3-4-12(9)20-8-13(17)16-11(14(18)19)5-6-21-2/h3-4,7,11H,5-6,8H2,1-2H3,(H,16,17)(H,18,19)/t11-/m1/s1. The van der Waals surface area contributed by atoms with E-state index in [1.807, 2.05) is 13.2 Å². The van der Waals surface area contributed by atoms with Crippen molar-refractivity contribution < 1.29 is 19.4 Å². The van der Waals surface area contributed by atoms with E-state index >= 15 is 0 Å². The predicted octanol–water partition coefficient (Wildman–Crippen LogP) is 2.35. The maximum atomic E-state index is 11.7. The Morgan fingerprint density at radius 3 is 2.76 bits per heavy atom. The van der Waals surface area contributed by atoms with Crippen LogP contribution in [0.3, 0.4) is 0 Å². The fourth-order valence-corrected chi connectivity index (χ4v) is 2.35. The van der Waals surface area contributed by atoms with E-state index in [0.717, 1.165) is 5.56 Å². The number of hydrogen-bond acceptors (Lipinski definition) is 4.